The zero-order chi connectivity index (χ0) is 22.0. The molecule has 0 bridgehead atoms. The molecular weight excluding hydrogens is 418 g/mol. The number of rotatable bonds is 4. The summed E-state index contributed by atoms with van der Waals surface area (Å²) in [5.74, 6) is 0.212. The Hall–Kier alpha value is -3.40. The first-order valence-corrected chi connectivity index (χ1v) is 10.9. The molecular formula is C21H23N5O4S. The van der Waals surface area contributed by atoms with E-state index in [1.165, 1.54) is 22.9 Å². The van der Waals surface area contributed by atoms with Gasteiger partial charge in [-0.05, 0) is 50.0 Å². The molecule has 0 unspecified atom stereocenters. The van der Waals surface area contributed by atoms with Crippen LogP contribution in [0.1, 0.15) is 31.7 Å². The van der Waals surface area contributed by atoms with Crippen molar-refractivity contribution in [2.24, 2.45) is 0 Å². The second-order valence-corrected chi connectivity index (χ2v) is 8.22. The maximum absolute atomic E-state index is 12.6. The molecule has 0 saturated carbocycles. The molecule has 0 radical (unpaired) electrons. The Labute approximate surface area is 181 Å². The summed E-state index contributed by atoms with van der Waals surface area (Å²) >= 11 is 1.15. The van der Waals surface area contributed by atoms with E-state index in [-0.39, 0.29) is 22.4 Å². The van der Waals surface area contributed by atoms with Crippen molar-refractivity contribution in [1.82, 2.24) is 19.7 Å². The number of H-pyrrole nitrogens is 1. The average molecular weight is 442 g/mol. The molecule has 1 fully saturated rings. The summed E-state index contributed by atoms with van der Waals surface area (Å²) in [5, 5.41) is 21.7. The van der Waals surface area contributed by atoms with Crippen LogP contribution < -0.4 is 25.7 Å². The van der Waals surface area contributed by atoms with Crippen molar-refractivity contribution in [2.45, 2.75) is 26.2 Å². The molecule has 3 heterocycles. The minimum atomic E-state index is -0.541. The topological polar surface area (TPSA) is 124 Å². The molecule has 31 heavy (non-hydrogen) atoms. The Balaban J connectivity index is 1.76. The third-order valence-electron chi connectivity index (χ3n) is 5.04. The summed E-state index contributed by atoms with van der Waals surface area (Å²) in [6, 6.07) is 4.69. The smallest absolute Gasteiger partial charge is 0.283 e. The molecule has 9 nitrogen and oxygen atoms in total. The van der Waals surface area contributed by atoms with Crippen molar-refractivity contribution in [2.75, 3.05) is 19.7 Å². The van der Waals surface area contributed by atoms with E-state index in [9.17, 15) is 14.7 Å². The minimum Gasteiger partial charge on any atom is -0.504 e. The number of aromatic nitrogens is 3. The molecule has 3 N–H and O–H groups in total. The highest BCUT2D eigenvalue weighted by Crippen LogP contribution is 2.26. The number of carbonyl (C=O) groups excluding carboxylic acids is 1. The van der Waals surface area contributed by atoms with Crippen molar-refractivity contribution in [3.05, 3.63) is 49.5 Å². The first-order chi connectivity index (χ1) is 15.0. The number of piperidine rings is 1. The molecule has 1 saturated heterocycles. The number of aromatic hydroxyl groups is 1. The lowest BCUT2D eigenvalue weighted by molar-refractivity contribution is -0.125. The van der Waals surface area contributed by atoms with Crippen molar-refractivity contribution < 1.29 is 14.6 Å². The fourth-order valence-electron chi connectivity index (χ4n) is 3.49. The van der Waals surface area contributed by atoms with E-state index in [4.69, 9.17) is 10.1 Å². The molecule has 1 amide bonds. The van der Waals surface area contributed by atoms with Gasteiger partial charge in [0, 0.05) is 19.2 Å². The Bertz CT molecular complexity index is 1320. The predicted molar refractivity (Wildman–Crippen MR) is 116 cm³/mol. The molecule has 3 aliphatic heterocycles. The van der Waals surface area contributed by atoms with E-state index in [0.717, 1.165) is 43.7 Å². The summed E-state index contributed by atoms with van der Waals surface area (Å²) in [7, 11) is 0. The number of fused-ring (bicyclic) bond motifs is 1. The third kappa shape index (κ3) is 4.38. The van der Waals surface area contributed by atoms with Gasteiger partial charge in [-0.2, -0.15) is 4.98 Å². The number of nitrogens with one attached hydrogen (secondary N) is 2. The van der Waals surface area contributed by atoms with Gasteiger partial charge in [0.05, 0.1) is 11.8 Å². The van der Waals surface area contributed by atoms with E-state index in [1.807, 2.05) is 0 Å². The molecule has 10 heteroatoms. The van der Waals surface area contributed by atoms with Crippen molar-refractivity contribution in [3.8, 4) is 16.6 Å². The Morgan fingerprint density at radius 1 is 1.35 bits per heavy atom. The number of ether oxygens (including phenoxy) is 1. The summed E-state index contributed by atoms with van der Waals surface area (Å²) in [6.07, 6.45) is 6.17. The van der Waals surface area contributed by atoms with Gasteiger partial charge >= 0.3 is 0 Å². The maximum Gasteiger partial charge on any atom is 0.283 e. The number of hydrogen-bond acceptors (Lipinski definition) is 7. The molecule has 3 aliphatic rings. The molecule has 0 aliphatic carbocycles. The van der Waals surface area contributed by atoms with Gasteiger partial charge in [-0.1, -0.05) is 17.4 Å². The first-order valence-electron chi connectivity index (χ1n) is 10.1. The molecule has 0 spiro atoms. The molecule has 0 atom stereocenters. The van der Waals surface area contributed by atoms with E-state index >= 15 is 0 Å². The lowest BCUT2D eigenvalue weighted by Gasteiger charge is -2.25. The largest absolute Gasteiger partial charge is 0.504 e. The van der Waals surface area contributed by atoms with E-state index in [0.29, 0.717) is 27.7 Å². The molecule has 4 rings (SSSR count). The number of nitrogens with zero attached hydrogens (tertiary/aromatic N) is 3. The van der Waals surface area contributed by atoms with Gasteiger partial charge in [0.2, 0.25) is 11.0 Å². The predicted octanol–water partition coefficient (Wildman–Crippen LogP) is 0.265. The first kappa shape index (κ1) is 20.9. The van der Waals surface area contributed by atoms with Crippen molar-refractivity contribution in [1.29, 1.82) is 5.41 Å². The lowest BCUT2D eigenvalue weighted by atomic mass is 10.1. The van der Waals surface area contributed by atoms with Crippen LogP contribution in [0.2, 0.25) is 0 Å². The second kappa shape index (κ2) is 8.76. The monoisotopic (exact) mass is 441 g/mol. The van der Waals surface area contributed by atoms with Crippen LogP contribution in [-0.4, -0.2) is 50.4 Å². The van der Waals surface area contributed by atoms with E-state index in [1.54, 1.807) is 24.0 Å². The van der Waals surface area contributed by atoms with Crippen molar-refractivity contribution >= 4 is 29.4 Å². The van der Waals surface area contributed by atoms with Crippen LogP contribution in [0, 0.1) is 5.41 Å². The normalized spacial score (nSPS) is 15.6. The number of amides is 1. The molecule has 0 aromatic heterocycles. The Morgan fingerprint density at radius 3 is 2.87 bits per heavy atom. The Morgan fingerprint density at radius 2 is 2.13 bits per heavy atom. The zero-order valence-corrected chi connectivity index (χ0v) is 17.9. The van der Waals surface area contributed by atoms with Gasteiger partial charge in [0.1, 0.15) is 4.66 Å². The van der Waals surface area contributed by atoms with Gasteiger partial charge in [0.15, 0.2) is 17.0 Å². The van der Waals surface area contributed by atoms with Gasteiger partial charge in [-0.15, -0.1) is 0 Å². The quantitative estimate of drug-likeness (QED) is 0.536. The molecule has 162 valence electrons. The minimum absolute atomic E-state index is 0.000107. The number of hydrogen-bond donors (Lipinski definition) is 3. The molecule has 1 aromatic carbocycles. The van der Waals surface area contributed by atoms with Crippen LogP contribution in [0.15, 0.2) is 23.0 Å². The van der Waals surface area contributed by atoms with E-state index in [2.05, 4.69) is 10.1 Å². The fraction of sp³-hybridized carbons (Fsp3) is 0.333. The van der Waals surface area contributed by atoms with Crippen LogP contribution >= 0.6 is 11.3 Å². The number of phenols is 1. The van der Waals surface area contributed by atoms with Crippen LogP contribution in [0.3, 0.4) is 0 Å². The van der Waals surface area contributed by atoms with Gasteiger partial charge < -0.3 is 14.7 Å². The SMILES string of the molecule is CCOc1cc(/C=c2\c(=O)nc3s/c(=C/C(=O)N4CCCCC4)[nH]n-3c2=N)ccc1O. The standard InChI is InChI=1S/C21H23N5O4S/c1-2-30-16-11-13(6-7-15(16)27)10-14-19(22)26-21(23-20(14)29)31-17(24-26)12-18(28)25-8-4-3-5-9-25/h6-7,10-12,22,24,27H,2-5,8-9H2,1H3/b14-10-,17-12+,22-19?. The van der Waals surface area contributed by atoms with Gasteiger partial charge in [-0.3, -0.25) is 20.1 Å². The average Bonchev–Trinajstić information content (AvgIpc) is 3.16. The second-order valence-electron chi connectivity index (χ2n) is 7.21. The van der Waals surface area contributed by atoms with Crippen LogP contribution in [-0.2, 0) is 4.79 Å². The van der Waals surface area contributed by atoms with Crippen LogP contribution in [0.4, 0.5) is 0 Å². The van der Waals surface area contributed by atoms with E-state index < -0.39 is 5.56 Å². The number of benzene rings is 1. The summed E-state index contributed by atoms with van der Waals surface area (Å²) in [5.41, 5.74) is -0.0153. The van der Waals surface area contributed by atoms with Crippen molar-refractivity contribution in [3.63, 3.8) is 0 Å². The summed E-state index contributed by atoms with van der Waals surface area (Å²) in [6.45, 7) is 3.68. The molecule has 1 aromatic rings. The fourth-order valence-corrected chi connectivity index (χ4v) is 4.34. The number of aromatic amines is 1. The van der Waals surface area contributed by atoms with Crippen LogP contribution in [0.5, 0.6) is 11.5 Å². The summed E-state index contributed by atoms with van der Waals surface area (Å²) in [4.78, 5) is 30.9. The zero-order valence-electron chi connectivity index (χ0n) is 17.1. The van der Waals surface area contributed by atoms with Gasteiger partial charge in [-0.25, -0.2) is 4.68 Å². The van der Waals surface area contributed by atoms with Crippen LogP contribution in [0.25, 0.3) is 17.3 Å². The number of phenolic OH excluding ortho intramolecular Hbond substituents is 1. The highest BCUT2D eigenvalue weighted by Gasteiger charge is 2.16. The summed E-state index contributed by atoms with van der Waals surface area (Å²) < 4.78 is 7.29. The third-order valence-corrected chi connectivity index (χ3v) is 5.92. The number of likely N-dealkylation sites (tertiary alicyclic amines) is 1. The lowest BCUT2D eigenvalue weighted by Crippen LogP contribution is -2.47. The number of carbonyl (C=O) groups is 1. The highest BCUT2D eigenvalue weighted by molar-refractivity contribution is 7.11. The maximum atomic E-state index is 12.6. The highest BCUT2D eigenvalue weighted by atomic mass is 32.1. The Kier molecular flexibility index (Phi) is 5.90. The van der Waals surface area contributed by atoms with Gasteiger partial charge in [0.25, 0.3) is 5.56 Å².